The number of aromatic amines is 1. The van der Waals surface area contributed by atoms with Gasteiger partial charge in [-0.1, -0.05) is 23.7 Å². The molecule has 0 aliphatic carbocycles. The lowest BCUT2D eigenvalue weighted by atomic mass is 10.0. The van der Waals surface area contributed by atoms with Crippen LogP contribution in [0.4, 0.5) is 26.3 Å². The van der Waals surface area contributed by atoms with Crippen molar-refractivity contribution in [2.45, 2.75) is 12.4 Å². The summed E-state index contributed by atoms with van der Waals surface area (Å²) in [7, 11) is 0. The SMILES string of the molecule is FC(F)(F)c1c[nH]c(-c2ccc(Cl)cc2)c1C(F)(F)F. The lowest BCUT2D eigenvalue weighted by Gasteiger charge is -2.13. The summed E-state index contributed by atoms with van der Waals surface area (Å²) in [6.07, 6.45) is -9.90. The molecule has 0 saturated carbocycles. The Bertz CT molecular complexity index is 608. The molecule has 1 N–H and O–H groups in total. The minimum Gasteiger partial charge on any atom is -0.360 e. The first kappa shape index (κ1) is 14.8. The Morgan fingerprint density at radius 1 is 0.850 bits per heavy atom. The van der Waals surface area contributed by atoms with Crippen LogP contribution in [0.5, 0.6) is 0 Å². The number of aromatic nitrogens is 1. The van der Waals surface area contributed by atoms with Crippen LogP contribution in [0.1, 0.15) is 11.1 Å². The predicted molar refractivity (Wildman–Crippen MR) is 61.2 cm³/mol. The number of rotatable bonds is 1. The van der Waals surface area contributed by atoms with Crippen LogP contribution < -0.4 is 0 Å². The second-order valence-electron chi connectivity index (χ2n) is 3.95. The molecule has 0 spiro atoms. The topological polar surface area (TPSA) is 15.8 Å². The number of nitrogens with one attached hydrogen (secondary N) is 1. The van der Waals surface area contributed by atoms with Gasteiger partial charge in [-0.05, 0) is 17.7 Å². The summed E-state index contributed by atoms with van der Waals surface area (Å²) in [5.74, 6) is 0. The summed E-state index contributed by atoms with van der Waals surface area (Å²) in [5.41, 5.74) is -4.14. The van der Waals surface area contributed by atoms with Gasteiger partial charge in [0.1, 0.15) is 0 Å². The molecule has 0 fully saturated rings. The second kappa shape index (κ2) is 4.73. The Balaban J connectivity index is 2.66. The first-order chi connectivity index (χ1) is 9.10. The van der Waals surface area contributed by atoms with Crippen LogP contribution in [0, 0.1) is 0 Å². The third-order valence-corrected chi connectivity index (χ3v) is 2.85. The highest BCUT2D eigenvalue weighted by molar-refractivity contribution is 6.30. The first-order valence-electron chi connectivity index (χ1n) is 5.22. The van der Waals surface area contributed by atoms with Crippen molar-refractivity contribution in [1.29, 1.82) is 0 Å². The average Bonchev–Trinajstić information content (AvgIpc) is 2.73. The minimum absolute atomic E-state index is 0.0303. The highest BCUT2D eigenvalue weighted by Gasteiger charge is 2.46. The van der Waals surface area contributed by atoms with Crippen molar-refractivity contribution in [3.8, 4) is 11.3 Å². The van der Waals surface area contributed by atoms with Crippen LogP contribution in [0.3, 0.4) is 0 Å². The fourth-order valence-electron chi connectivity index (χ4n) is 1.79. The number of benzene rings is 1. The molecular weight excluding hydrogens is 308 g/mol. The van der Waals surface area contributed by atoms with Gasteiger partial charge in [0.05, 0.1) is 16.8 Å². The third-order valence-electron chi connectivity index (χ3n) is 2.60. The van der Waals surface area contributed by atoms with Gasteiger partial charge < -0.3 is 4.98 Å². The maximum Gasteiger partial charge on any atom is 0.419 e. The average molecular weight is 314 g/mol. The van der Waals surface area contributed by atoms with Gasteiger partial charge in [-0.2, -0.15) is 26.3 Å². The van der Waals surface area contributed by atoms with Gasteiger partial charge in [0, 0.05) is 11.2 Å². The molecule has 8 heteroatoms. The Labute approximate surface area is 114 Å². The molecule has 2 rings (SSSR count). The van der Waals surface area contributed by atoms with Gasteiger partial charge in [0.25, 0.3) is 0 Å². The van der Waals surface area contributed by atoms with Gasteiger partial charge in [-0.3, -0.25) is 0 Å². The van der Waals surface area contributed by atoms with Crippen molar-refractivity contribution in [2.24, 2.45) is 0 Å². The molecule has 1 nitrogen and oxygen atoms in total. The van der Waals surface area contributed by atoms with Crippen molar-refractivity contribution in [2.75, 3.05) is 0 Å². The molecule has 0 aliphatic heterocycles. The number of H-pyrrole nitrogens is 1. The van der Waals surface area contributed by atoms with Crippen LogP contribution in [-0.4, -0.2) is 4.98 Å². The lowest BCUT2D eigenvalue weighted by molar-refractivity contribution is -0.161. The zero-order valence-electron chi connectivity index (χ0n) is 9.53. The quantitative estimate of drug-likeness (QED) is 0.681. The summed E-state index contributed by atoms with van der Waals surface area (Å²) < 4.78 is 76.6. The van der Waals surface area contributed by atoms with Gasteiger partial charge in [-0.15, -0.1) is 0 Å². The molecule has 108 valence electrons. The van der Waals surface area contributed by atoms with E-state index < -0.39 is 29.2 Å². The zero-order valence-corrected chi connectivity index (χ0v) is 10.3. The molecule has 0 unspecified atom stereocenters. The van der Waals surface area contributed by atoms with Crippen molar-refractivity contribution in [1.82, 2.24) is 4.98 Å². The van der Waals surface area contributed by atoms with E-state index in [0.29, 0.717) is 6.20 Å². The predicted octanol–water partition coefficient (Wildman–Crippen LogP) is 5.37. The van der Waals surface area contributed by atoms with Crippen molar-refractivity contribution >= 4 is 11.6 Å². The largest absolute Gasteiger partial charge is 0.419 e. The van der Waals surface area contributed by atoms with Crippen molar-refractivity contribution < 1.29 is 26.3 Å². The number of hydrogen-bond donors (Lipinski definition) is 1. The van der Waals surface area contributed by atoms with Gasteiger partial charge in [-0.25, -0.2) is 0 Å². The van der Waals surface area contributed by atoms with Gasteiger partial charge in [0.2, 0.25) is 0 Å². The molecule has 0 saturated heterocycles. The highest BCUT2D eigenvalue weighted by atomic mass is 35.5. The first-order valence-corrected chi connectivity index (χ1v) is 5.60. The van der Waals surface area contributed by atoms with E-state index in [1.165, 1.54) is 24.3 Å². The molecule has 0 atom stereocenters. The Kier molecular flexibility index (Phi) is 3.49. The fraction of sp³-hybridized carbons (Fsp3) is 0.167. The molecule has 0 radical (unpaired) electrons. The summed E-state index contributed by atoms with van der Waals surface area (Å²) in [5, 5.41) is 0.268. The van der Waals surface area contributed by atoms with Crippen LogP contribution in [0.15, 0.2) is 30.5 Å². The van der Waals surface area contributed by atoms with E-state index in [2.05, 4.69) is 0 Å². The Morgan fingerprint density at radius 2 is 1.40 bits per heavy atom. The van der Waals surface area contributed by atoms with E-state index in [1.807, 2.05) is 4.98 Å². The van der Waals surface area contributed by atoms with Crippen LogP contribution >= 0.6 is 11.6 Å². The molecule has 0 amide bonds. The monoisotopic (exact) mass is 313 g/mol. The zero-order chi connectivity index (χ0) is 15.1. The smallest absolute Gasteiger partial charge is 0.360 e. The van der Waals surface area contributed by atoms with Crippen LogP contribution in [-0.2, 0) is 12.4 Å². The summed E-state index contributed by atoms with van der Waals surface area (Å²) in [4.78, 5) is 2.04. The molecule has 0 aliphatic rings. The standard InChI is InChI=1S/C12H6ClF6N/c13-7-3-1-6(2-4-7)10-9(12(17,18)19)8(5-20-10)11(14,15)16/h1-5,20H. The van der Waals surface area contributed by atoms with E-state index >= 15 is 0 Å². The fourth-order valence-corrected chi connectivity index (χ4v) is 1.91. The summed E-state index contributed by atoms with van der Waals surface area (Å²) >= 11 is 5.59. The Morgan fingerprint density at radius 3 is 1.85 bits per heavy atom. The normalized spacial score (nSPS) is 12.8. The Hall–Kier alpha value is -1.63. The maximum atomic E-state index is 12.9. The second-order valence-corrected chi connectivity index (χ2v) is 4.39. The highest BCUT2D eigenvalue weighted by Crippen LogP contribution is 2.45. The number of hydrogen-bond acceptors (Lipinski definition) is 0. The van der Waals surface area contributed by atoms with Gasteiger partial charge in [0.15, 0.2) is 0 Å². The molecular formula is C12H6ClF6N. The minimum atomic E-state index is -5.13. The van der Waals surface area contributed by atoms with Gasteiger partial charge >= 0.3 is 12.4 Å². The molecule has 1 aromatic carbocycles. The molecule has 0 bridgehead atoms. The molecule has 2 aromatic rings. The summed E-state index contributed by atoms with van der Waals surface area (Å²) in [6.45, 7) is 0. The number of halogens is 7. The van der Waals surface area contributed by atoms with Crippen LogP contribution in [0.2, 0.25) is 5.02 Å². The van der Waals surface area contributed by atoms with E-state index in [-0.39, 0.29) is 10.6 Å². The lowest BCUT2D eigenvalue weighted by Crippen LogP contribution is -2.15. The van der Waals surface area contributed by atoms with E-state index in [1.54, 1.807) is 0 Å². The molecule has 1 aromatic heterocycles. The van der Waals surface area contributed by atoms with Crippen LogP contribution in [0.25, 0.3) is 11.3 Å². The van der Waals surface area contributed by atoms with Crippen molar-refractivity contribution in [3.63, 3.8) is 0 Å². The van der Waals surface area contributed by atoms with E-state index in [4.69, 9.17) is 11.6 Å². The number of alkyl halides is 6. The summed E-state index contributed by atoms with van der Waals surface area (Å²) in [6, 6.07) is 5.02. The van der Waals surface area contributed by atoms with Crippen molar-refractivity contribution in [3.05, 3.63) is 46.6 Å². The molecule has 1 heterocycles. The third kappa shape index (κ3) is 2.77. The maximum absolute atomic E-state index is 12.9. The van der Waals surface area contributed by atoms with E-state index in [9.17, 15) is 26.3 Å². The van der Waals surface area contributed by atoms with E-state index in [0.717, 1.165) is 0 Å². The molecule has 20 heavy (non-hydrogen) atoms.